The highest BCUT2D eigenvalue weighted by Crippen LogP contribution is 2.26. The summed E-state index contributed by atoms with van der Waals surface area (Å²) in [7, 11) is 0. The van der Waals surface area contributed by atoms with Crippen molar-refractivity contribution in [2.75, 3.05) is 5.32 Å². The number of anilines is 1. The number of nitrogens with zero attached hydrogens (tertiary/aromatic N) is 1. The average molecular weight is 262 g/mol. The summed E-state index contributed by atoms with van der Waals surface area (Å²) >= 11 is 0. The Morgan fingerprint density at radius 2 is 1.33 bits per heavy atom. The zero-order valence-corrected chi connectivity index (χ0v) is 9.78. The van der Waals surface area contributed by atoms with Crippen molar-refractivity contribution >= 4 is 5.69 Å². The normalized spacial score (nSPS) is 17.6. The largest absolute Gasteiger partial charge is 0.377 e. The number of aromatic nitrogens is 1. The van der Waals surface area contributed by atoms with Gasteiger partial charge in [0.2, 0.25) is 11.6 Å². The van der Waals surface area contributed by atoms with Crippen LogP contribution in [0.2, 0.25) is 0 Å². The second kappa shape index (κ2) is 5.54. The van der Waals surface area contributed by atoms with Gasteiger partial charge in [0.05, 0.1) is 0 Å². The fourth-order valence-electron chi connectivity index (χ4n) is 2.24. The van der Waals surface area contributed by atoms with Crippen LogP contribution in [0.15, 0.2) is 0 Å². The average Bonchev–Trinajstić information content (AvgIpc) is 2.61. The number of nitrogens with one attached hydrogen (secondary N) is 1. The summed E-state index contributed by atoms with van der Waals surface area (Å²) in [4.78, 5) is 2.52. The van der Waals surface area contributed by atoms with Crippen LogP contribution in [0, 0.1) is 23.5 Å². The standard InChI is InChI=1S/C12H14F4N2/c13-8-10(9(14)12(16)18-11(8)15)17-7-5-3-1-2-4-6-7/h7H,1-6H2,(H,17,18). The molecule has 0 radical (unpaired) electrons. The third-order valence-electron chi connectivity index (χ3n) is 3.20. The van der Waals surface area contributed by atoms with Crippen LogP contribution in [0.5, 0.6) is 0 Å². The van der Waals surface area contributed by atoms with E-state index in [1.54, 1.807) is 0 Å². The summed E-state index contributed by atoms with van der Waals surface area (Å²) in [6, 6.07) is -0.155. The van der Waals surface area contributed by atoms with Gasteiger partial charge in [-0.2, -0.15) is 22.5 Å². The van der Waals surface area contributed by atoms with Crippen molar-refractivity contribution in [1.82, 2.24) is 4.98 Å². The lowest BCUT2D eigenvalue weighted by atomic mass is 10.1. The molecular formula is C12H14F4N2. The van der Waals surface area contributed by atoms with E-state index in [0.29, 0.717) is 0 Å². The molecule has 100 valence electrons. The van der Waals surface area contributed by atoms with Gasteiger partial charge in [0.25, 0.3) is 11.9 Å². The van der Waals surface area contributed by atoms with Gasteiger partial charge in [-0.15, -0.1) is 0 Å². The second-order valence-electron chi connectivity index (χ2n) is 4.53. The highest BCUT2D eigenvalue weighted by molar-refractivity contribution is 5.46. The molecule has 0 unspecified atom stereocenters. The monoisotopic (exact) mass is 262 g/mol. The van der Waals surface area contributed by atoms with Crippen LogP contribution in [0.4, 0.5) is 23.2 Å². The predicted molar refractivity (Wildman–Crippen MR) is 59.2 cm³/mol. The Labute approximate surface area is 102 Å². The Bertz CT molecular complexity index is 402. The first-order valence-electron chi connectivity index (χ1n) is 6.06. The summed E-state index contributed by atoms with van der Waals surface area (Å²) in [6.07, 6.45) is 5.51. The molecule has 0 aliphatic heterocycles. The SMILES string of the molecule is Fc1nc(F)c(F)c(NC2CCCCCC2)c1F. The molecule has 6 heteroatoms. The van der Waals surface area contributed by atoms with Crippen LogP contribution in [0.25, 0.3) is 0 Å². The predicted octanol–water partition coefficient (Wildman–Crippen LogP) is 3.77. The summed E-state index contributed by atoms with van der Waals surface area (Å²) < 4.78 is 52.6. The highest BCUT2D eigenvalue weighted by Gasteiger charge is 2.23. The zero-order chi connectivity index (χ0) is 13.1. The lowest BCUT2D eigenvalue weighted by Gasteiger charge is -2.18. The summed E-state index contributed by atoms with van der Waals surface area (Å²) in [6.45, 7) is 0. The molecule has 0 atom stereocenters. The number of hydrogen-bond acceptors (Lipinski definition) is 2. The maximum absolute atomic E-state index is 13.4. The molecule has 1 N–H and O–H groups in total. The Balaban J connectivity index is 2.22. The summed E-state index contributed by atoms with van der Waals surface area (Å²) in [5.74, 6) is -6.16. The van der Waals surface area contributed by atoms with E-state index in [4.69, 9.17) is 0 Å². The van der Waals surface area contributed by atoms with E-state index in [-0.39, 0.29) is 6.04 Å². The number of rotatable bonds is 2. The molecule has 2 rings (SSSR count). The van der Waals surface area contributed by atoms with E-state index < -0.39 is 29.2 Å². The Morgan fingerprint density at radius 1 is 0.833 bits per heavy atom. The maximum atomic E-state index is 13.4. The quantitative estimate of drug-likeness (QED) is 0.498. The minimum Gasteiger partial charge on any atom is -0.377 e. The fourth-order valence-corrected chi connectivity index (χ4v) is 2.24. The molecule has 1 saturated carbocycles. The molecule has 1 aromatic heterocycles. The molecule has 0 aromatic carbocycles. The molecular weight excluding hydrogens is 248 g/mol. The van der Waals surface area contributed by atoms with Gasteiger partial charge in [0.1, 0.15) is 5.69 Å². The Kier molecular flexibility index (Phi) is 4.04. The molecule has 1 aliphatic rings. The molecule has 0 saturated heterocycles. The third-order valence-corrected chi connectivity index (χ3v) is 3.20. The van der Waals surface area contributed by atoms with Gasteiger partial charge >= 0.3 is 0 Å². The molecule has 0 amide bonds. The first kappa shape index (κ1) is 13.1. The molecule has 1 fully saturated rings. The van der Waals surface area contributed by atoms with Gasteiger partial charge < -0.3 is 5.32 Å². The molecule has 18 heavy (non-hydrogen) atoms. The van der Waals surface area contributed by atoms with Crippen LogP contribution in [0.3, 0.4) is 0 Å². The summed E-state index contributed by atoms with van der Waals surface area (Å²) in [5, 5.41) is 2.57. The third kappa shape index (κ3) is 2.73. The van der Waals surface area contributed by atoms with Crippen molar-refractivity contribution in [3.05, 3.63) is 23.5 Å². The minimum absolute atomic E-state index is 0.155. The van der Waals surface area contributed by atoms with E-state index in [0.717, 1.165) is 38.5 Å². The van der Waals surface area contributed by atoms with Crippen molar-refractivity contribution in [2.45, 2.75) is 44.6 Å². The van der Waals surface area contributed by atoms with Crippen molar-refractivity contribution in [1.29, 1.82) is 0 Å². The van der Waals surface area contributed by atoms with Gasteiger partial charge in [-0.3, -0.25) is 0 Å². The topological polar surface area (TPSA) is 24.9 Å². The van der Waals surface area contributed by atoms with Gasteiger partial charge in [-0.25, -0.2) is 0 Å². The fraction of sp³-hybridized carbons (Fsp3) is 0.583. The van der Waals surface area contributed by atoms with E-state index in [2.05, 4.69) is 10.3 Å². The van der Waals surface area contributed by atoms with Crippen molar-refractivity contribution in [3.63, 3.8) is 0 Å². The number of pyridine rings is 1. The molecule has 1 heterocycles. The molecule has 0 bridgehead atoms. The van der Waals surface area contributed by atoms with Crippen LogP contribution < -0.4 is 5.32 Å². The van der Waals surface area contributed by atoms with Crippen LogP contribution in [0.1, 0.15) is 38.5 Å². The molecule has 0 spiro atoms. The summed E-state index contributed by atoms with van der Waals surface area (Å²) in [5.41, 5.74) is -0.744. The van der Waals surface area contributed by atoms with Gasteiger partial charge in [-0.1, -0.05) is 25.7 Å². The number of hydrogen-bond donors (Lipinski definition) is 1. The Morgan fingerprint density at radius 3 is 1.83 bits per heavy atom. The zero-order valence-electron chi connectivity index (χ0n) is 9.78. The first-order valence-corrected chi connectivity index (χ1v) is 6.06. The van der Waals surface area contributed by atoms with Gasteiger partial charge in [0.15, 0.2) is 0 Å². The van der Waals surface area contributed by atoms with Crippen LogP contribution in [-0.2, 0) is 0 Å². The molecule has 1 aliphatic carbocycles. The lowest BCUT2D eigenvalue weighted by Crippen LogP contribution is -2.21. The van der Waals surface area contributed by atoms with Crippen molar-refractivity contribution in [3.8, 4) is 0 Å². The van der Waals surface area contributed by atoms with Crippen LogP contribution in [-0.4, -0.2) is 11.0 Å². The molecule has 1 aromatic rings. The van der Waals surface area contributed by atoms with Crippen LogP contribution >= 0.6 is 0 Å². The smallest absolute Gasteiger partial charge is 0.253 e. The van der Waals surface area contributed by atoms with Gasteiger partial charge in [-0.05, 0) is 12.8 Å². The van der Waals surface area contributed by atoms with E-state index in [1.165, 1.54) is 0 Å². The van der Waals surface area contributed by atoms with Crippen molar-refractivity contribution in [2.24, 2.45) is 0 Å². The maximum Gasteiger partial charge on any atom is 0.253 e. The van der Waals surface area contributed by atoms with E-state index in [9.17, 15) is 17.6 Å². The van der Waals surface area contributed by atoms with Gasteiger partial charge in [0, 0.05) is 6.04 Å². The lowest BCUT2D eigenvalue weighted by molar-refractivity contribution is 0.408. The minimum atomic E-state index is -1.62. The number of halogens is 4. The highest BCUT2D eigenvalue weighted by atomic mass is 19.2. The van der Waals surface area contributed by atoms with Crippen molar-refractivity contribution < 1.29 is 17.6 Å². The van der Waals surface area contributed by atoms with E-state index in [1.807, 2.05) is 0 Å². The second-order valence-corrected chi connectivity index (χ2v) is 4.53. The van der Waals surface area contributed by atoms with E-state index >= 15 is 0 Å². The Hall–Kier alpha value is -1.33. The first-order chi connectivity index (χ1) is 8.59. The molecule has 2 nitrogen and oxygen atoms in total.